The largest absolute Gasteiger partial charge is 0.481 e. The summed E-state index contributed by atoms with van der Waals surface area (Å²) in [5, 5.41) is 15.5. The van der Waals surface area contributed by atoms with Crippen molar-refractivity contribution in [1.82, 2.24) is 9.78 Å². The van der Waals surface area contributed by atoms with Gasteiger partial charge in [-0.05, 0) is 43.2 Å². The third-order valence-corrected chi connectivity index (χ3v) is 4.59. The zero-order valence-corrected chi connectivity index (χ0v) is 13.6. The Bertz CT molecular complexity index is 824. The molecule has 138 valence electrons. The number of carboxylic acid groups (broad SMARTS) is 1. The van der Waals surface area contributed by atoms with E-state index in [9.17, 15) is 27.9 Å². The van der Waals surface area contributed by atoms with Gasteiger partial charge in [-0.15, -0.1) is 0 Å². The summed E-state index contributed by atoms with van der Waals surface area (Å²) in [6.45, 7) is 0. The number of amides is 1. The van der Waals surface area contributed by atoms with Gasteiger partial charge in [-0.2, -0.15) is 18.3 Å². The lowest BCUT2D eigenvalue weighted by atomic mass is 9.66. The molecule has 0 aliphatic heterocycles. The predicted octanol–water partition coefficient (Wildman–Crippen LogP) is 3.47. The fraction of sp³-hybridized carbons (Fsp3) is 0.353. The van der Waals surface area contributed by atoms with E-state index in [1.54, 1.807) is 0 Å². The van der Waals surface area contributed by atoms with Crippen molar-refractivity contribution in [2.24, 2.45) is 5.41 Å². The summed E-state index contributed by atoms with van der Waals surface area (Å²) in [5.41, 5.74) is -1.33. The number of aromatic nitrogens is 2. The van der Waals surface area contributed by atoms with E-state index in [1.807, 2.05) is 0 Å². The molecule has 1 amide bonds. The SMILES string of the molecule is O=C(CC1(C(=O)O)CCC1)Nc1ccc(-n2nccc2C(F)(F)F)cc1. The number of anilines is 1. The Morgan fingerprint density at radius 1 is 1.19 bits per heavy atom. The first-order chi connectivity index (χ1) is 12.2. The fourth-order valence-corrected chi connectivity index (χ4v) is 2.99. The van der Waals surface area contributed by atoms with Crippen molar-refractivity contribution >= 4 is 17.6 Å². The summed E-state index contributed by atoms with van der Waals surface area (Å²) in [5.74, 6) is -1.41. The maximum Gasteiger partial charge on any atom is 0.433 e. The van der Waals surface area contributed by atoms with Crippen LogP contribution in [0.25, 0.3) is 5.69 Å². The molecule has 0 saturated heterocycles. The number of carbonyl (C=O) groups excluding carboxylic acids is 1. The second-order valence-corrected chi connectivity index (χ2v) is 6.34. The molecule has 2 N–H and O–H groups in total. The zero-order chi connectivity index (χ0) is 18.9. The molecule has 0 unspecified atom stereocenters. The second kappa shape index (κ2) is 6.47. The molecule has 6 nitrogen and oxygen atoms in total. The molecule has 0 atom stereocenters. The molecule has 1 aromatic carbocycles. The Kier molecular flexibility index (Phi) is 4.47. The van der Waals surface area contributed by atoms with Crippen molar-refractivity contribution in [2.45, 2.75) is 31.9 Å². The highest BCUT2D eigenvalue weighted by molar-refractivity contribution is 5.94. The highest BCUT2D eigenvalue weighted by Crippen LogP contribution is 2.44. The molecule has 0 spiro atoms. The summed E-state index contributed by atoms with van der Waals surface area (Å²) in [7, 11) is 0. The average Bonchev–Trinajstić information content (AvgIpc) is 3.01. The number of carboxylic acids is 1. The minimum absolute atomic E-state index is 0.124. The molecular formula is C17H16F3N3O3. The average molecular weight is 367 g/mol. The van der Waals surface area contributed by atoms with Crippen molar-refractivity contribution in [1.29, 1.82) is 0 Å². The molecule has 1 aromatic heterocycles. The number of nitrogens with one attached hydrogen (secondary N) is 1. The van der Waals surface area contributed by atoms with Gasteiger partial charge in [0.05, 0.1) is 17.3 Å². The van der Waals surface area contributed by atoms with Crippen LogP contribution < -0.4 is 5.32 Å². The van der Waals surface area contributed by atoms with Crippen LogP contribution in [0.3, 0.4) is 0 Å². The van der Waals surface area contributed by atoms with Gasteiger partial charge >= 0.3 is 12.1 Å². The van der Waals surface area contributed by atoms with Crippen LogP contribution in [0.2, 0.25) is 0 Å². The Morgan fingerprint density at radius 3 is 2.35 bits per heavy atom. The minimum Gasteiger partial charge on any atom is -0.481 e. The summed E-state index contributed by atoms with van der Waals surface area (Å²) in [6, 6.07) is 6.56. The molecule has 0 radical (unpaired) electrons. The summed E-state index contributed by atoms with van der Waals surface area (Å²) in [4.78, 5) is 23.4. The van der Waals surface area contributed by atoms with Crippen LogP contribution in [0.1, 0.15) is 31.4 Å². The molecule has 1 aliphatic rings. The number of rotatable bonds is 5. The topological polar surface area (TPSA) is 84.2 Å². The van der Waals surface area contributed by atoms with Gasteiger partial charge in [0.15, 0.2) is 0 Å². The van der Waals surface area contributed by atoms with E-state index in [0.717, 1.165) is 23.4 Å². The fourth-order valence-electron chi connectivity index (χ4n) is 2.99. The second-order valence-electron chi connectivity index (χ2n) is 6.34. The van der Waals surface area contributed by atoms with Gasteiger partial charge in [0, 0.05) is 12.1 Å². The Hall–Kier alpha value is -2.84. The molecule has 1 fully saturated rings. The predicted molar refractivity (Wildman–Crippen MR) is 85.7 cm³/mol. The molecule has 3 rings (SSSR count). The molecule has 2 aromatic rings. The van der Waals surface area contributed by atoms with Crippen LogP contribution in [0, 0.1) is 5.41 Å². The first kappa shape index (κ1) is 18.0. The zero-order valence-electron chi connectivity index (χ0n) is 13.6. The molecule has 1 heterocycles. The van der Waals surface area contributed by atoms with E-state index in [2.05, 4.69) is 10.4 Å². The van der Waals surface area contributed by atoms with Gasteiger partial charge in [-0.25, -0.2) is 4.68 Å². The highest BCUT2D eigenvalue weighted by Gasteiger charge is 2.45. The Morgan fingerprint density at radius 2 is 1.85 bits per heavy atom. The first-order valence-electron chi connectivity index (χ1n) is 7.96. The number of halogens is 3. The maximum atomic E-state index is 12.9. The van der Waals surface area contributed by atoms with E-state index in [0.29, 0.717) is 18.5 Å². The van der Waals surface area contributed by atoms with Gasteiger partial charge in [-0.3, -0.25) is 9.59 Å². The van der Waals surface area contributed by atoms with Crippen LogP contribution in [0.15, 0.2) is 36.5 Å². The highest BCUT2D eigenvalue weighted by atomic mass is 19.4. The smallest absolute Gasteiger partial charge is 0.433 e. The lowest BCUT2D eigenvalue weighted by molar-refractivity contribution is -0.157. The van der Waals surface area contributed by atoms with Crippen molar-refractivity contribution in [2.75, 3.05) is 5.32 Å². The van der Waals surface area contributed by atoms with E-state index in [-0.39, 0.29) is 12.1 Å². The lowest BCUT2D eigenvalue weighted by Crippen LogP contribution is -2.41. The van der Waals surface area contributed by atoms with Gasteiger partial charge < -0.3 is 10.4 Å². The Labute approximate surface area is 146 Å². The third kappa shape index (κ3) is 3.42. The number of aliphatic carboxylic acids is 1. The minimum atomic E-state index is -4.53. The first-order valence-corrected chi connectivity index (χ1v) is 7.96. The Balaban J connectivity index is 1.70. The third-order valence-electron chi connectivity index (χ3n) is 4.59. The molecule has 1 saturated carbocycles. The van der Waals surface area contributed by atoms with Gasteiger partial charge in [0.2, 0.25) is 5.91 Å². The molecule has 26 heavy (non-hydrogen) atoms. The number of hydrogen-bond acceptors (Lipinski definition) is 3. The van der Waals surface area contributed by atoms with Crippen molar-refractivity contribution in [3.63, 3.8) is 0 Å². The summed E-state index contributed by atoms with van der Waals surface area (Å²) >= 11 is 0. The van der Waals surface area contributed by atoms with Crippen LogP contribution in [0.5, 0.6) is 0 Å². The molecule has 0 bridgehead atoms. The van der Waals surface area contributed by atoms with E-state index in [4.69, 9.17) is 0 Å². The monoisotopic (exact) mass is 367 g/mol. The molecule has 9 heteroatoms. The van der Waals surface area contributed by atoms with Crippen LogP contribution in [-0.4, -0.2) is 26.8 Å². The van der Waals surface area contributed by atoms with Crippen LogP contribution in [-0.2, 0) is 15.8 Å². The van der Waals surface area contributed by atoms with Crippen molar-refractivity contribution in [3.8, 4) is 5.69 Å². The normalized spacial score (nSPS) is 16.0. The lowest BCUT2D eigenvalue weighted by Gasteiger charge is -2.36. The molecule has 1 aliphatic carbocycles. The standard InChI is InChI=1S/C17H16F3N3O3/c18-17(19,20)13-6-9-21-23(13)12-4-2-11(3-5-12)22-14(24)10-16(15(25)26)7-1-8-16/h2-6,9H,1,7-8,10H2,(H,22,24)(H,25,26). The molecular weight excluding hydrogens is 351 g/mol. The number of nitrogens with zero attached hydrogens (tertiary/aromatic N) is 2. The number of carbonyl (C=O) groups is 2. The van der Waals surface area contributed by atoms with Gasteiger partial charge in [0.1, 0.15) is 5.69 Å². The van der Waals surface area contributed by atoms with E-state index in [1.165, 1.54) is 24.3 Å². The number of benzene rings is 1. The quantitative estimate of drug-likeness (QED) is 0.847. The van der Waals surface area contributed by atoms with E-state index >= 15 is 0 Å². The van der Waals surface area contributed by atoms with Gasteiger partial charge in [-0.1, -0.05) is 6.42 Å². The van der Waals surface area contributed by atoms with Crippen molar-refractivity contribution in [3.05, 3.63) is 42.2 Å². The van der Waals surface area contributed by atoms with Crippen molar-refractivity contribution < 1.29 is 27.9 Å². The summed E-state index contributed by atoms with van der Waals surface area (Å²) < 4.78 is 39.5. The van der Waals surface area contributed by atoms with Crippen LogP contribution >= 0.6 is 0 Å². The van der Waals surface area contributed by atoms with Gasteiger partial charge in [0.25, 0.3) is 0 Å². The van der Waals surface area contributed by atoms with E-state index < -0.39 is 29.2 Å². The number of alkyl halides is 3. The van der Waals surface area contributed by atoms with Crippen LogP contribution in [0.4, 0.5) is 18.9 Å². The summed E-state index contributed by atoms with van der Waals surface area (Å²) in [6.07, 6.45) is -1.89. The maximum absolute atomic E-state index is 12.9. The number of hydrogen-bond donors (Lipinski definition) is 2.